The number of nitrogens with one attached hydrogen (secondary N) is 1. The standard InChI is InChI=1S/C18H22N4O4S/c1-24-8-6-16-19-17(27-21-16)20-18(23)22-7-2-3-13(22)12-4-5-14-15(11-12)26-10-9-25-14/h4-5,11,13H,2-3,6-10H2,1H3,(H,19,20,21,23)/t13-/m1/s1. The summed E-state index contributed by atoms with van der Waals surface area (Å²) in [5.41, 5.74) is 1.06. The monoisotopic (exact) mass is 390 g/mol. The molecule has 1 aromatic carbocycles. The Bertz CT molecular complexity index is 812. The number of rotatable bonds is 5. The van der Waals surface area contributed by atoms with Crippen LogP contribution < -0.4 is 14.8 Å². The number of hydrogen-bond acceptors (Lipinski definition) is 7. The van der Waals surface area contributed by atoms with Gasteiger partial charge in [0.25, 0.3) is 0 Å². The molecule has 0 bridgehead atoms. The number of benzene rings is 1. The number of hydrogen-bond donors (Lipinski definition) is 1. The molecular formula is C18H22N4O4S. The van der Waals surface area contributed by atoms with E-state index >= 15 is 0 Å². The van der Waals surface area contributed by atoms with Crippen LogP contribution in [0.1, 0.15) is 30.3 Å². The Morgan fingerprint density at radius 1 is 1.37 bits per heavy atom. The normalized spacial score (nSPS) is 18.6. The first-order valence-electron chi connectivity index (χ1n) is 9.03. The van der Waals surface area contributed by atoms with Gasteiger partial charge in [0.15, 0.2) is 11.5 Å². The smallest absolute Gasteiger partial charge is 0.324 e. The van der Waals surface area contributed by atoms with Gasteiger partial charge in [0, 0.05) is 31.6 Å². The Hall–Kier alpha value is -2.39. The molecule has 2 aliphatic rings. The van der Waals surface area contributed by atoms with E-state index in [1.165, 1.54) is 11.5 Å². The maximum atomic E-state index is 12.8. The summed E-state index contributed by atoms with van der Waals surface area (Å²) in [5, 5.41) is 3.39. The lowest BCUT2D eigenvalue weighted by molar-refractivity contribution is 0.170. The minimum atomic E-state index is -0.151. The summed E-state index contributed by atoms with van der Waals surface area (Å²) >= 11 is 1.19. The van der Waals surface area contributed by atoms with Crippen LogP contribution in [0.5, 0.6) is 11.5 Å². The molecule has 0 radical (unpaired) electrons. The topological polar surface area (TPSA) is 85.8 Å². The van der Waals surface area contributed by atoms with Crippen molar-refractivity contribution in [1.82, 2.24) is 14.3 Å². The van der Waals surface area contributed by atoms with Crippen LogP contribution in [0.4, 0.5) is 9.93 Å². The highest BCUT2D eigenvalue weighted by molar-refractivity contribution is 7.09. The van der Waals surface area contributed by atoms with E-state index in [9.17, 15) is 4.79 Å². The van der Waals surface area contributed by atoms with Crippen LogP contribution >= 0.6 is 11.5 Å². The molecule has 1 N–H and O–H groups in total. The van der Waals surface area contributed by atoms with Gasteiger partial charge in [-0.3, -0.25) is 5.32 Å². The van der Waals surface area contributed by atoms with Gasteiger partial charge < -0.3 is 19.1 Å². The van der Waals surface area contributed by atoms with E-state index in [1.807, 2.05) is 23.1 Å². The average molecular weight is 390 g/mol. The summed E-state index contributed by atoms with van der Waals surface area (Å²) in [5.74, 6) is 2.19. The van der Waals surface area contributed by atoms with Gasteiger partial charge in [-0.1, -0.05) is 6.07 Å². The molecule has 2 aromatic rings. The molecule has 1 fully saturated rings. The van der Waals surface area contributed by atoms with E-state index in [2.05, 4.69) is 14.7 Å². The molecule has 9 heteroatoms. The number of carbonyl (C=O) groups excluding carboxylic acids is 1. The first-order chi connectivity index (χ1) is 13.2. The number of anilines is 1. The van der Waals surface area contributed by atoms with Crippen molar-refractivity contribution in [3.63, 3.8) is 0 Å². The van der Waals surface area contributed by atoms with Crippen molar-refractivity contribution in [3.05, 3.63) is 29.6 Å². The molecule has 1 saturated heterocycles. The van der Waals surface area contributed by atoms with Gasteiger partial charge in [-0.05, 0) is 30.5 Å². The van der Waals surface area contributed by atoms with Crippen molar-refractivity contribution in [2.75, 3.05) is 38.8 Å². The van der Waals surface area contributed by atoms with Crippen molar-refractivity contribution in [1.29, 1.82) is 0 Å². The average Bonchev–Trinajstić information content (AvgIpc) is 3.35. The number of carbonyl (C=O) groups is 1. The van der Waals surface area contributed by atoms with E-state index in [1.54, 1.807) is 7.11 Å². The molecule has 0 saturated carbocycles. The quantitative estimate of drug-likeness (QED) is 0.845. The van der Waals surface area contributed by atoms with Crippen LogP contribution in [0, 0.1) is 0 Å². The first kappa shape index (κ1) is 18.0. The lowest BCUT2D eigenvalue weighted by atomic mass is 10.0. The van der Waals surface area contributed by atoms with Crippen LogP contribution in [0.2, 0.25) is 0 Å². The van der Waals surface area contributed by atoms with Crippen LogP contribution in [0.25, 0.3) is 0 Å². The molecule has 2 amide bonds. The third-order valence-electron chi connectivity index (χ3n) is 4.68. The molecule has 0 unspecified atom stereocenters. The van der Waals surface area contributed by atoms with Crippen LogP contribution in [0.3, 0.4) is 0 Å². The molecule has 1 aromatic heterocycles. The zero-order chi connectivity index (χ0) is 18.6. The van der Waals surface area contributed by atoms with Crippen LogP contribution in [0.15, 0.2) is 18.2 Å². The van der Waals surface area contributed by atoms with Crippen LogP contribution in [-0.2, 0) is 11.2 Å². The van der Waals surface area contributed by atoms with Gasteiger partial charge in [-0.15, -0.1) is 0 Å². The predicted molar refractivity (Wildman–Crippen MR) is 101 cm³/mol. The summed E-state index contributed by atoms with van der Waals surface area (Å²) in [6.07, 6.45) is 2.51. The van der Waals surface area contributed by atoms with Crippen molar-refractivity contribution in [3.8, 4) is 11.5 Å². The second kappa shape index (κ2) is 8.10. The van der Waals surface area contributed by atoms with Crippen molar-refractivity contribution < 1.29 is 19.0 Å². The Balaban J connectivity index is 1.44. The maximum Gasteiger partial charge on any atom is 0.324 e. The van der Waals surface area contributed by atoms with E-state index in [4.69, 9.17) is 14.2 Å². The zero-order valence-corrected chi connectivity index (χ0v) is 16.0. The lowest BCUT2D eigenvalue weighted by Gasteiger charge is -2.26. The van der Waals surface area contributed by atoms with E-state index in [0.717, 1.165) is 29.9 Å². The SMILES string of the molecule is COCCc1nsc(NC(=O)N2CCC[C@@H]2c2ccc3c(c2)OCCO3)n1. The fraction of sp³-hybridized carbons (Fsp3) is 0.500. The third kappa shape index (κ3) is 3.98. The molecule has 0 spiro atoms. The summed E-state index contributed by atoms with van der Waals surface area (Å²) in [4.78, 5) is 19.0. The van der Waals surface area contributed by atoms with E-state index in [0.29, 0.717) is 43.7 Å². The number of nitrogens with zero attached hydrogens (tertiary/aromatic N) is 3. The molecule has 1 atom stereocenters. The van der Waals surface area contributed by atoms with Gasteiger partial charge in [-0.2, -0.15) is 4.37 Å². The molecule has 4 rings (SSSR count). The molecule has 2 aliphatic heterocycles. The molecule has 144 valence electrons. The van der Waals surface area contributed by atoms with E-state index in [-0.39, 0.29) is 12.1 Å². The predicted octanol–water partition coefficient (Wildman–Crippen LogP) is 2.87. The Kier molecular flexibility index (Phi) is 5.40. The number of aromatic nitrogens is 2. The number of ether oxygens (including phenoxy) is 3. The number of urea groups is 1. The molecule has 27 heavy (non-hydrogen) atoms. The minimum Gasteiger partial charge on any atom is -0.486 e. The van der Waals surface area contributed by atoms with Crippen LogP contribution in [-0.4, -0.2) is 53.8 Å². The Morgan fingerprint density at radius 2 is 2.22 bits per heavy atom. The summed E-state index contributed by atoms with van der Waals surface area (Å²) < 4.78 is 20.5. The van der Waals surface area contributed by atoms with Gasteiger partial charge in [0.05, 0.1) is 12.6 Å². The zero-order valence-electron chi connectivity index (χ0n) is 15.1. The lowest BCUT2D eigenvalue weighted by Crippen LogP contribution is -2.34. The fourth-order valence-electron chi connectivity index (χ4n) is 3.39. The highest BCUT2D eigenvalue weighted by Crippen LogP contribution is 2.38. The molecule has 8 nitrogen and oxygen atoms in total. The second-order valence-corrected chi connectivity index (χ2v) is 7.20. The van der Waals surface area contributed by atoms with Crippen molar-refractivity contribution >= 4 is 22.7 Å². The minimum absolute atomic E-state index is 0.0155. The van der Waals surface area contributed by atoms with Gasteiger partial charge >= 0.3 is 6.03 Å². The van der Waals surface area contributed by atoms with Gasteiger partial charge in [-0.25, -0.2) is 9.78 Å². The summed E-state index contributed by atoms with van der Waals surface area (Å²) in [7, 11) is 1.64. The molecular weight excluding hydrogens is 368 g/mol. The maximum absolute atomic E-state index is 12.8. The third-order valence-corrected chi connectivity index (χ3v) is 5.34. The summed E-state index contributed by atoms with van der Waals surface area (Å²) in [6, 6.07) is 5.78. The van der Waals surface area contributed by atoms with Gasteiger partial charge in [0.1, 0.15) is 19.0 Å². The number of fused-ring (bicyclic) bond motifs is 1. The Morgan fingerprint density at radius 3 is 3.07 bits per heavy atom. The molecule has 0 aliphatic carbocycles. The summed E-state index contributed by atoms with van der Waals surface area (Å²) in [6.45, 7) is 2.38. The number of methoxy groups -OCH3 is 1. The Labute approximate surface area is 161 Å². The number of likely N-dealkylation sites (tertiary alicyclic amines) is 1. The second-order valence-electron chi connectivity index (χ2n) is 6.44. The molecule has 3 heterocycles. The first-order valence-corrected chi connectivity index (χ1v) is 9.80. The van der Waals surface area contributed by atoms with E-state index < -0.39 is 0 Å². The van der Waals surface area contributed by atoms with Gasteiger partial charge in [0.2, 0.25) is 5.13 Å². The number of amides is 2. The highest BCUT2D eigenvalue weighted by Gasteiger charge is 2.31. The fourth-order valence-corrected chi connectivity index (χ4v) is 3.99. The largest absolute Gasteiger partial charge is 0.486 e. The van der Waals surface area contributed by atoms with Crippen molar-refractivity contribution in [2.24, 2.45) is 0 Å². The van der Waals surface area contributed by atoms with Crippen molar-refractivity contribution in [2.45, 2.75) is 25.3 Å². The highest BCUT2D eigenvalue weighted by atomic mass is 32.1.